The Balaban J connectivity index is 1.33. The minimum Gasteiger partial charge on any atom is -0.368 e. The average molecular weight is 482 g/mol. The molecule has 1 fully saturated rings. The first-order valence-corrected chi connectivity index (χ1v) is 11.4. The fourth-order valence-corrected chi connectivity index (χ4v) is 4.80. The van der Waals surface area contributed by atoms with E-state index in [4.69, 9.17) is 11.6 Å². The van der Waals surface area contributed by atoms with Crippen molar-refractivity contribution in [2.45, 2.75) is 13.1 Å². The molecular formula is C26H22ClF2N3O2. The van der Waals surface area contributed by atoms with E-state index in [1.54, 1.807) is 42.5 Å². The van der Waals surface area contributed by atoms with Crippen molar-refractivity contribution >= 4 is 29.1 Å². The lowest BCUT2D eigenvalue weighted by Gasteiger charge is -2.36. The Hall–Kier alpha value is -3.29. The van der Waals surface area contributed by atoms with Crippen molar-refractivity contribution in [3.63, 3.8) is 0 Å². The lowest BCUT2D eigenvalue weighted by atomic mass is 10.1. The Labute approximate surface area is 201 Å². The summed E-state index contributed by atoms with van der Waals surface area (Å²) >= 11 is 6.17. The van der Waals surface area contributed by atoms with Gasteiger partial charge in [-0.25, -0.2) is 8.78 Å². The summed E-state index contributed by atoms with van der Waals surface area (Å²) in [4.78, 5) is 31.5. The lowest BCUT2D eigenvalue weighted by Crippen LogP contribution is -2.46. The normalized spacial score (nSPS) is 16.3. The third-order valence-electron chi connectivity index (χ3n) is 6.42. The number of benzene rings is 3. The molecule has 5 nitrogen and oxygen atoms in total. The van der Waals surface area contributed by atoms with Crippen LogP contribution in [-0.4, -0.2) is 47.8 Å². The van der Waals surface area contributed by atoms with E-state index in [9.17, 15) is 18.4 Å². The standard InChI is InChI=1S/C26H22ClF2N3O2/c27-20-7-4-9-22(29)19(20)16-30-11-13-31(14-12-30)23-10-3-6-18-24(23)26(34)32(25(18)33)15-17-5-1-2-8-21(17)28/h1-10H,11-16H2. The highest BCUT2D eigenvalue weighted by molar-refractivity contribution is 6.31. The number of halogens is 3. The molecule has 0 saturated carbocycles. The smallest absolute Gasteiger partial charge is 0.263 e. The number of hydrogen-bond acceptors (Lipinski definition) is 4. The summed E-state index contributed by atoms with van der Waals surface area (Å²) in [6, 6.07) is 16.0. The van der Waals surface area contributed by atoms with E-state index in [2.05, 4.69) is 9.80 Å². The van der Waals surface area contributed by atoms with Crippen LogP contribution >= 0.6 is 11.6 Å². The number of carbonyl (C=O) groups excluding carboxylic acids is 2. The van der Waals surface area contributed by atoms with Crippen LogP contribution in [0.25, 0.3) is 0 Å². The molecule has 0 radical (unpaired) electrons. The molecule has 2 amide bonds. The number of rotatable bonds is 5. The lowest BCUT2D eigenvalue weighted by molar-refractivity contribution is 0.0641. The van der Waals surface area contributed by atoms with Crippen molar-refractivity contribution < 1.29 is 18.4 Å². The number of amides is 2. The maximum Gasteiger partial charge on any atom is 0.263 e. The molecule has 34 heavy (non-hydrogen) atoms. The zero-order valence-electron chi connectivity index (χ0n) is 18.3. The third kappa shape index (κ3) is 4.06. The molecule has 0 unspecified atom stereocenters. The maximum absolute atomic E-state index is 14.2. The Morgan fingerprint density at radius 1 is 0.765 bits per heavy atom. The van der Waals surface area contributed by atoms with Crippen molar-refractivity contribution in [3.05, 3.63) is 99.6 Å². The molecule has 8 heteroatoms. The van der Waals surface area contributed by atoms with Crippen LogP contribution in [0.2, 0.25) is 5.02 Å². The number of anilines is 1. The van der Waals surface area contributed by atoms with Gasteiger partial charge in [-0.1, -0.05) is 41.9 Å². The SMILES string of the molecule is O=C1c2cccc(N3CCN(Cc4c(F)cccc4Cl)CC3)c2C(=O)N1Cc1ccccc1F. The largest absolute Gasteiger partial charge is 0.368 e. The second-order valence-corrected chi connectivity index (χ2v) is 8.86. The van der Waals surface area contributed by atoms with Gasteiger partial charge in [0.2, 0.25) is 0 Å². The van der Waals surface area contributed by atoms with Crippen molar-refractivity contribution in [2.75, 3.05) is 31.1 Å². The van der Waals surface area contributed by atoms with E-state index in [1.807, 2.05) is 6.07 Å². The van der Waals surface area contributed by atoms with Crippen LogP contribution in [0.15, 0.2) is 60.7 Å². The first-order chi connectivity index (χ1) is 16.4. The highest BCUT2D eigenvalue weighted by Crippen LogP contribution is 2.33. The molecule has 2 aliphatic heterocycles. The molecule has 5 rings (SSSR count). The Kier molecular flexibility index (Phi) is 6.06. The molecular weight excluding hydrogens is 460 g/mol. The van der Waals surface area contributed by atoms with Crippen molar-refractivity contribution in [1.82, 2.24) is 9.80 Å². The molecule has 1 saturated heterocycles. The Morgan fingerprint density at radius 3 is 2.21 bits per heavy atom. The fourth-order valence-electron chi connectivity index (χ4n) is 4.57. The first-order valence-electron chi connectivity index (χ1n) is 11.1. The van der Waals surface area contributed by atoms with Crippen molar-refractivity contribution in [1.29, 1.82) is 0 Å². The number of imide groups is 1. The van der Waals surface area contributed by atoms with Gasteiger partial charge in [-0.05, 0) is 30.3 Å². The number of nitrogens with zero attached hydrogens (tertiary/aromatic N) is 3. The topological polar surface area (TPSA) is 43.9 Å². The van der Waals surface area contributed by atoms with Gasteiger partial charge in [-0.2, -0.15) is 0 Å². The molecule has 0 atom stereocenters. The monoisotopic (exact) mass is 481 g/mol. The summed E-state index contributed by atoms with van der Waals surface area (Å²) in [5, 5.41) is 0.405. The highest BCUT2D eigenvalue weighted by atomic mass is 35.5. The number of fused-ring (bicyclic) bond motifs is 1. The number of hydrogen-bond donors (Lipinski definition) is 0. The molecule has 0 spiro atoms. The predicted octanol–water partition coefficient (Wildman–Crippen LogP) is 4.74. The summed E-state index contributed by atoms with van der Waals surface area (Å²) in [7, 11) is 0. The van der Waals surface area contributed by atoms with Crippen LogP contribution in [-0.2, 0) is 13.1 Å². The van der Waals surface area contributed by atoms with E-state index < -0.39 is 17.6 Å². The van der Waals surface area contributed by atoms with Gasteiger partial charge < -0.3 is 4.90 Å². The molecule has 2 aliphatic rings. The van der Waals surface area contributed by atoms with Gasteiger partial charge in [0, 0.05) is 48.9 Å². The molecule has 3 aromatic carbocycles. The molecule has 0 aliphatic carbocycles. The van der Waals surface area contributed by atoms with Crippen LogP contribution < -0.4 is 4.90 Å². The van der Waals surface area contributed by atoms with Crippen molar-refractivity contribution in [2.24, 2.45) is 0 Å². The van der Waals surface area contributed by atoms with E-state index >= 15 is 0 Å². The summed E-state index contributed by atoms with van der Waals surface area (Å²) in [6.07, 6.45) is 0. The van der Waals surface area contributed by atoms with Gasteiger partial charge in [0.05, 0.1) is 23.4 Å². The number of piperazine rings is 1. The van der Waals surface area contributed by atoms with Gasteiger partial charge in [-0.3, -0.25) is 19.4 Å². The van der Waals surface area contributed by atoms with Crippen LogP contribution in [0, 0.1) is 11.6 Å². The van der Waals surface area contributed by atoms with Gasteiger partial charge in [0.15, 0.2) is 0 Å². The quantitative estimate of drug-likeness (QED) is 0.494. The van der Waals surface area contributed by atoms with Gasteiger partial charge >= 0.3 is 0 Å². The molecule has 0 bridgehead atoms. The second-order valence-electron chi connectivity index (χ2n) is 8.45. The van der Waals surface area contributed by atoms with E-state index in [0.717, 1.165) is 4.90 Å². The van der Waals surface area contributed by atoms with E-state index in [1.165, 1.54) is 12.1 Å². The summed E-state index contributed by atoms with van der Waals surface area (Å²) < 4.78 is 28.3. The first kappa shape index (κ1) is 22.5. The minimum atomic E-state index is -0.453. The summed E-state index contributed by atoms with van der Waals surface area (Å²) in [6.45, 7) is 2.80. The van der Waals surface area contributed by atoms with Crippen LogP contribution in [0.1, 0.15) is 31.8 Å². The van der Waals surface area contributed by atoms with Gasteiger partial charge in [-0.15, -0.1) is 0 Å². The fraction of sp³-hybridized carbons (Fsp3) is 0.231. The summed E-state index contributed by atoms with van der Waals surface area (Å²) in [5.74, 6) is -1.61. The molecule has 2 heterocycles. The number of carbonyl (C=O) groups is 2. The molecule has 0 N–H and O–H groups in total. The van der Waals surface area contributed by atoms with Gasteiger partial charge in [0.1, 0.15) is 11.6 Å². The second kappa shape index (κ2) is 9.16. The van der Waals surface area contributed by atoms with Crippen LogP contribution in [0.4, 0.5) is 14.5 Å². The van der Waals surface area contributed by atoms with Crippen molar-refractivity contribution in [3.8, 4) is 0 Å². The molecule has 3 aromatic rings. The van der Waals surface area contributed by atoms with Gasteiger partial charge in [0.25, 0.3) is 11.8 Å². The average Bonchev–Trinajstić information content (AvgIpc) is 3.08. The van der Waals surface area contributed by atoms with E-state index in [0.29, 0.717) is 65.7 Å². The zero-order chi connectivity index (χ0) is 23.8. The minimum absolute atomic E-state index is 0.115. The van der Waals surface area contributed by atoms with Crippen LogP contribution in [0.3, 0.4) is 0 Å². The highest BCUT2D eigenvalue weighted by Gasteiger charge is 2.39. The Bertz CT molecular complexity index is 1250. The zero-order valence-corrected chi connectivity index (χ0v) is 19.1. The third-order valence-corrected chi connectivity index (χ3v) is 6.77. The predicted molar refractivity (Wildman–Crippen MR) is 126 cm³/mol. The van der Waals surface area contributed by atoms with Crippen LogP contribution in [0.5, 0.6) is 0 Å². The molecule has 174 valence electrons. The maximum atomic E-state index is 14.2. The Morgan fingerprint density at radius 2 is 1.47 bits per heavy atom. The summed E-state index contributed by atoms with van der Waals surface area (Å²) in [5.41, 5.74) is 2.14. The molecule has 0 aromatic heterocycles. The van der Waals surface area contributed by atoms with E-state index in [-0.39, 0.29) is 12.4 Å².